The van der Waals surface area contributed by atoms with E-state index in [2.05, 4.69) is 44.8 Å². The SMILES string of the molecule is O=C(NCc1ccc(CN2CCCCC2)cc1)NCc1coc(-c2cccs2)n1. The molecule has 2 aromatic heterocycles. The second kappa shape index (κ2) is 9.71. The second-order valence-corrected chi connectivity index (χ2v) is 8.26. The molecule has 0 spiro atoms. The molecule has 3 heterocycles. The molecule has 0 saturated carbocycles. The van der Waals surface area contributed by atoms with Gasteiger partial charge in [-0.3, -0.25) is 4.90 Å². The number of piperidine rings is 1. The Morgan fingerprint density at radius 1 is 1.03 bits per heavy atom. The zero-order valence-electron chi connectivity index (χ0n) is 16.4. The van der Waals surface area contributed by atoms with Crippen LogP contribution in [-0.2, 0) is 19.6 Å². The summed E-state index contributed by atoms with van der Waals surface area (Å²) in [5, 5.41) is 7.68. The number of nitrogens with zero attached hydrogens (tertiary/aromatic N) is 2. The van der Waals surface area contributed by atoms with Gasteiger partial charge in [-0.25, -0.2) is 9.78 Å². The number of aromatic nitrogens is 1. The molecule has 2 N–H and O–H groups in total. The summed E-state index contributed by atoms with van der Waals surface area (Å²) in [5.41, 5.74) is 3.11. The van der Waals surface area contributed by atoms with Gasteiger partial charge in [0, 0.05) is 13.1 Å². The number of hydrogen-bond donors (Lipinski definition) is 2. The van der Waals surface area contributed by atoms with Gasteiger partial charge >= 0.3 is 6.03 Å². The summed E-state index contributed by atoms with van der Waals surface area (Å²) in [6.07, 6.45) is 5.55. The second-order valence-electron chi connectivity index (χ2n) is 7.31. The third-order valence-corrected chi connectivity index (χ3v) is 5.90. The normalized spacial score (nSPS) is 14.6. The van der Waals surface area contributed by atoms with Crippen molar-refractivity contribution < 1.29 is 9.21 Å². The number of urea groups is 1. The highest BCUT2D eigenvalue weighted by molar-refractivity contribution is 7.13. The van der Waals surface area contributed by atoms with Gasteiger partial charge in [0.2, 0.25) is 5.89 Å². The van der Waals surface area contributed by atoms with E-state index < -0.39 is 0 Å². The molecule has 0 bridgehead atoms. The average Bonchev–Trinajstić information content (AvgIpc) is 3.44. The molecule has 0 radical (unpaired) electrons. The molecule has 3 aromatic rings. The minimum Gasteiger partial charge on any atom is -0.443 e. The molecule has 6 nitrogen and oxygen atoms in total. The predicted molar refractivity (Wildman–Crippen MR) is 114 cm³/mol. The van der Waals surface area contributed by atoms with Crippen molar-refractivity contribution in [3.05, 3.63) is 64.9 Å². The number of amides is 2. The quantitative estimate of drug-likeness (QED) is 0.606. The van der Waals surface area contributed by atoms with Crippen LogP contribution in [0, 0.1) is 0 Å². The molecule has 29 heavy (non-hydrogen) atoms. The highest BCUT2D eigenvalue weighted by Gasteiger charge is 2.11. The molecule has 152 valence electrons. The lowest BCUT2D eigenvalue weighted by molar-refractivity contribution is 0.221. The Bertz CT molecular complexity index is 899. The van der Waals surface area contributed by atoms with Gasteiger partial charge in [0.15, 0.2) is 0 Å². The standard InChI is InChI=1S/C22H26N4O2S/c27-22(24-14-19-16-28-21(25-19)20-5-4-12-29-20)23-13-17-6-8-18(9-7-17)15-26-10-2-1-3-11-26/h4-9,12,16H,1-3,10-11,13-15H2,(H2,23,24,27). The number of likely N-dealkylation sites (tertiary alicyclic amines) is 1. The molecular formula is C22H26N4O2S. The molecule has 1 fully saturated rings. The number of oxazole rings is 1. The van der Waals surface area contributed by atoms with Crippen LogP contribution in [0.4, 0.5) is 4.79 Å². The van der Waals surface area contributed by atoms with Crippen LogP contribution in [0.1, 0.15) is 36.1 Å². The summed E-state index contributed by atoms with van der Waals surface area (Å²) in [4.78, 5) is 20.0. The largest absolute Gasteiger partial charge is 0.443 e. The fraction of sp³-hybridized carbons (Fsp3) is 0.364. The number of hydrogen-bond acceptors (Lipinski definition) is 5. The number of rotatable bonds is 7. The summed E-state index contributed by atoms with van der Waals surface area (Å²) < 4.78 is 5.46. The molecule has 0 aliphatic carbocycles. The van der Waals surface area contributed by atoms with Crippen LogP contribution in [0.25, 0.3) is 10.8 Å². The van der Waals surface area contributed by atoms with E-state index in [0.29, 0.717) is 24.7 Å². The number of carbonyl (C=O) groups is 1. The first-order valence-electron chi connectivity index (χ1n) is 10.1. The number of carbonyl (C=O) groups excluding carboxylic acids is 1. The molecular weight excluding hydrogens is 384 g/mol. The van der Waals surface area contributed by atoms with Crippen molar-refractivity contribution in [2.24, 2.45) is 0 Å². The molecule has 1 aliphatic heterocycles. The van der Waals surface area contributed by atoms with E-state index >= 15 is 0 Å². The van der Waals surface area contributed by atoms with Gasteiger partial charge in [0.25, 0.3) is 0 Å². The van der Waals surface area contributed by atoms with E-state index in [4.69, 9.17) is 4.42 Å². The van der Waals surface area contributed by atoms with Gasteiger partial charge in [-0.1, -0.05) is 36.8 Å². The van der Waals surface area contributed by atoms with Crippen molar-refractivity contribution in [1.29, 1.82) is 0 Å². The van der Waals surface area contributed by atoms with Crippen molar-refractivity contribution in [2.75, 3.05) is 13.1 Å². The van der Waals surface area contributed by atoms with Gasteiger partial charge in [0.1, 0.15) is 6.26 Å². The minimum atomic E-state index is -0.219. The molecule has 1 aliphatic rings. The summed E-state index contributed by atoms with van der Waals surface area (Å²) in [7, 11) is 0. The van der Waals surface area contributed by atoms with Crippen LogP contribution < -0.4 is 10.6 Å². The number of thiophene rings is 1. The van der Waals surface area contributed by atoms with E-state index in [9.17, 15) is 4.79 Å². The maximum Gasteiger partial charge on any atom is 0.315 e. The highest BCUT2D eigenvalue weighted by Crippen LogP contribution is 2.23. The Morgan fingerprint density at radius 2 is 1.79 bits per heavy atom. The van der Waals surface area contributed by atoms with Crippen molar-refractivity contribution in [3.8, 4) is 10.8 Å². The van der Waals surface area contributed by atoms with Gasteiger partial charge in [-0.2, -0.15) is 0 Å². The molecule has 0 atom stereocenters. The van der Waals surface area contributed by atoms with E-state index in [1.807, 2.05) is 17.5 Å². The van der Waals surface area contributed by atoms with Crippen molar-refractivity contribution >= 4 is 17.4 Å². The predicted octanol–water partition coefficient (Wildman–Crippen LogP) is 4.39. The summed E-state index contributed by atoms with van der Waals surface area (Å²) in [6.45, 7) is 4.23. The van der Waals surface area contributed by atoms with Gasteiger partial charge < -0.3 is 15.1 Å². The van der Waals surface area contributed by atoms with Gasteiger partial charge in [0.05, 0.1) is 17.1 Å². The average molecular weight is 411 g/mol. The smallest absolute Gasteiger partial charge is 0.315 e. The van der Waals surface area contributed by atoms with E-state index in [1.165, 1.54) is 37.9 Å². The van der Waals surface area contributed by atoms with Crippen LogP contribution >= 0.6 is 11.3 Å². The zero-order chi connectivity index (χ0) is 19.9. The molecule has 1 aromatic carbocycles. The topological polar surface area (TPSA) is 70.4 Å². The molecule has 4 rings (SSSR count). The fourth-order valence-electron chi connectivity index (χ4n) is 3.46. The highest BCUT2D eigenvalue weighted by atomic mass is 32.1. The lowest BCUT2D eigenvalue weighted by Gasteiger charge is -2.26. The monoisotopic (exact) mass is 410 g/mol. The van der Waals surface area contributed by atoms with Crippen LogP contribution in [0.2, 0.25) is 0 Å². The fourth-order valence-corrected chi connectivity index (χ4v) is 4.11. The van der Waals surface area contributed by atoms with Crippen molar-refractivity contribution in [1.82, 2.24) is 20.5 Å². The lowest BCUT2D eigenvalue weighted by Crippen LogP contribution is -2.34. The van der Waals surface area contributed by atoms with Gasteiger partial charge in [-0.05, 0) is 48.5 Å². The Morgan fingerprint density at radius 3 is 2.55 bits per heavy atom. The Labute approximate surface area is 174 Å². The first kappa shape index (κ1) is 19.7. The summed E-state index contributed by atoms with van der Waals surface area (Å²) in [6, 6.07) is 12.2. The molecule has 2 amide bonds. The van der Waals surface area contributed by atoms with Gasteiger partial charge in [-0.15, -0.1) is 11.3 Å². The number of benzene rings is 1. The third kappa shape index (κ3) is 5.68. The maximum atomic E-state index is 12.1. The zero-order valence-corrected chi connectivity index (χ0v) is 17.2. The number of nitrogens with one attached hydrogen (secondary N) is 2. The Kier molecular flexibility index (Phi) is 6.59. The van der Waals surface area contributed by atoms with Crippen LogP contribution in [-0.4, -0.2) is 29.0 Å². The van der Waals surface area contributed by atoms with Crippen LogP contribution in [0.15, 0.2) is 52.5 Å². The molecule has 1 saturated heterocycles. The lowest BCUT2D eigenvalue weighted by atomic mass is 10.1. The minimum absolute atomic E-state index is 0.219. The van der Waals surface area contributed by atoms with Crippen molar-refractivity contribution in [2.45, 2.75) is 38.9 Å². The Hall–Kier alpha value is -2.64. The molecule has 7 heteroatoms. The molecule has 0 unspecified atom stereocenters. The van der Waals surface area contributed by atoms with Crippen LogP contribution in [0.5, 0.6) is 0 Å². The van der Waals surface area contributed by atoms with E-state index in [0.717, 1.165) is 17.0 Å². The first-order chi connectivity index (χ1) is 14.3. The summed E-state index contributed by atoms with van der Waals surface area (Å²) in [5.74, 6) is 0.585. The van der Waals surface area contributed by atoms with Crippen molar-refractivity contribution in [3.63, 3.8) is 0 Å². The first-order valence-corrected chi connectivity index (χ1v) is 10.9. The van der Waals surface area contributed by atoms with Crippen LogP contribution in [0.3, 0.4) is 0 Å². The van der Waals surface area contributed by atoms with E-state index in [1.54, 1.807) is 17.6 Å². The third-order valence-electron chi connectivity index (χ3n) is 5.04. The summed E-state index contributed by atoms with van der Waals surface area (Å²) >= 11 is 1.57. The van der Waals surface area contributed by atoms with E-state index in [-0.39, 0.29) is 6.03 Å². The Balaban J connectivity index is 1.19. The maximum absolute atomic E-state index is 12.1.